The number of ether oxygens (including phenoxy) is 3. The van der Waals surface area contributed by atoms with Gasteiger partial charge in [-0.25, -0.2) is 0 Å². The van der Waals surface area contributed by atoms with Crippen LogP contribution in [-0.4, -0.2) is 26.4 Å². The van der Waals surface area contributed by atoms with Gasteiger partial charge in [-0.2, -0.15) is 0 Å². The van der Waals surface area contributed by atoms with Crippen LogP contribution in [0.2, 0.25) is 0 Å². The van der Waals surface area contributed by atoms with E-state index in [2.05, 4.69) is 11.4 Å². The van der Waals surface area contributed by atoms with Crippen molar-refractivity contribution in [3.8, 4) is 11.5 Å². The molecule has 1 N–H and O–H groups in total. The van der Waals surface area contributed by atoms with Crippen molar-refractivity contribution in [2.75, 3.05) is 31.7 Å². The summed E-state index contributed by atoms with van der Waals surface area (Å²) in [6, 6.07) is 16.0. The molecule has 0 saturated carbocycles. The van der Waals surface area contributed by atoms with Crippen LogP contribution in [0.15, 0.2) is 48.5 Å². The summed E-state index contributed by atoms with van der Waals surface area (Å²) in [5.41, 5.74) is 2.18. The summed E-state index contributed by atoms with van der Waals surface area (Å²) >= 11 is 0. The predicted molar refractivity (Wildman–Crippen MR) is 93.4 cm³/mol. The number of nitrogens with one attached hydrogen (secondary N) is 1. The van der Waals surface area contributed by atoms with Crippen LogP contribution < -0.4 is 14.8 Å². The summed E-state index contributed by atoms with van der Waals surface area (Å²) in [5.74, 6) is 1.78. The van der Waals surface area contributed by atoms with E-state index in [1.807, 2.05) is 56.3 Å². The maximum atomic E-state index is 5.79. The lowest BCUT2D eigenvalue weighted by atomic mass is 10.2. The highest BCUT2D eigenvalue weighted by Gasteiger charge is 2.03. The van der Waals surface area contributed by atoms with Gasteiger partial charge in [0.25, 0.3) is 0 Å². The Kier molecular flexibility index (Phi) is 7.27. The lowest BCUT2D eigenvalue weighted by molar-refractivity contribution is 0.110. The van der Waals surface area contributed by atoms with Crippen LogP contribution in [0.5, 0.6) is 11.5 Å². The molecule has 0 bridgehead atoms. The van der Waals surface area contributed by atoms with Crippen LogP contribution in [0.1, 0.15) is 19.4 Å². The molecule has 0 aliphatic rings. The average Bonchev–Trinajstić information content (AvgIpc) is 2.59. The van der Waals surface area contributed by atoms with Gasteiger partial charge in [-0.15, -0.1) is 0 Å². The van der Waals surface area contributed by atoms with Gasteiger partial charge in [0.2, 0.25) is 0 Å². The standard InChI is InChI=1S/C19H25NO3/c1-3-21-13-14-23-19-8-6-5-7-16(19)15-20-17-9-11-18(12-10-17)22-4-2/h5-12,20H,3-4,13-15H2,1-2H3. The fourth-order valence-corrected chi connectivity index (χ4v) is 2.18. The van der Waals surface area contributed by atoms with Crippen LogP contribution in [0.25, 0.3) is 0 Å². The molecule has 2 aromatic rings. The first kappa shape index (κ1) is 17.2. The van der Waals surface area contributed by atoms with E-state index < -0.39 is 0 Å². The quantitative estimate of drug-likeness (QED) is 0.670. The second kappa shape index (κ2) is 9.74. The Bertz CT molecular complexity index is 569. The minimum Gasteiger partial charge on any atom is -0.494 e. The summed E-state index contributed by atoms with van der Waals surface area (Å²) in [7, 11) is 0. The molecule has 0 atom stereocenters. The van der Waals surface area contributed by atoms with E-state index in [4.69, 9.17) is 14.2 Å². The van der Waals surface area contributed by atoms with E-state index in [9.17, 15) is 0 Å². The van der Waals surface area contributed by atoms with Crippen molar-refractivity contribution in [3.63, 3.8) is 0 Å². The van der Waals surface area contributed by atoms with Crippen molar-refractivity contribution in [2.45, 2.75) is 20.4 Å². The van der Waals surface area contributed by atoms with Crippen molar-refractivity contribution in [1.29, 1.82) is 0 Å². The summed E-state index contributed by atoms with van der Waals surface area (Å²) in [6.45, 7) is 7.23. The smallest absolute Gasteiger partial charge is 0.124 e. The second-order valence-corrected chi connectivity index (χ2v) is 4.96. The number of benzene rings is 2. The highest BCUT2D eigenvalue weighted by atomic mass is 16.5. The Hall–Kier alpha value is -2.20. The lowest BCUT2D eigenvalue weighted by Crippen LogP contribution is -2.09. The fraction of sp³-hybridized carbons (Fsp3) is 0.368. The van der Waals surface area contributed by atoms with Crippen LogP contribution in [0, 0.1) is 0 Å². The SMILES string of the molecule is CCOCCOc1ccccc1CNc1ccc(OCC)cc1. The van der Waals surface area contributed by atoms with E-state index in [0.29, 0.717) is 33.0 Å². The van der Waals surface area contributed by atoms with Crippen molar-refractivity contribution in [1.82, 2.24) is 0 Å². The molecule has 23 heavy (non-hydrogen) atoms. The average molecular weight is 315 g/mol. The predicted octanol–water partition coefficient (Wildman–Crippen LogP) is 4.11. The molecule has 4 heteroatoms. The molecule has 0 aliphatic carbocycles. The fourth-order valence-electron chi connectivity index (χ4n) is 2.18. The van der Waals surface area contributed by atoms with E-state index in [0.717, 1.165) is 22.7 Å². The van der Waals surface area contributed by atoms with Gasteiger partial charge in [0.1, 0.15) is 18.1 Å². The Morgan fingerprint density at radius 2 is 1.61 bits per heavy atom. The maximum Gasteiger partial charge on any atom is 0.124 e. The summed E-state index contributed by atoms with van der Waals surface area (Å²) in [6.07, 6.45) is 0. The van der Waals surface area contributed by atoms with E-state index in [1.165, 1.54) is 0 Å². The number of para-hydroxylation sites is 1. The first-order chi connectivity index (χ1) is 11.3. The summed E-state index contributed by atoms with van der Waals surface area (Å²) in [5, 5.41) is 3.41. The number of hydrogen-bond acceptors (Lipinski definition) is 4. The molecule has 0 spiro atoms. The molecule has 2 rings (SSSR count). The second-order valence-electron chi connectivity index (χ2n) is 4.96. The molecule has 0 fully saturated rings. The van der Waals surface area contributed by atoms with Gasteiger partial charge in [-0.3, -0.25) is 0 Å². The van der Waals surface area contributed by atoms with E-state index in [-0.39, 0.29) is 0 Å². The number of hydrogen-bond donors (Lipinski definition) is 1. The Balaban J connectivity index is 1.89. The van der Waals surface area contributed by atoms with E-state index in [1.54, 1.807) is 0 Å². The monoisotopic (exact) mass is 315 g/mol. The van der Waals surface area contributed by atoms with Gasteiger partial charge in [-0.1, -0.05) is 18.2 Å². The molecule has 0 unspecified atom stereocenters. The molecular weight excluding hydrogens is 290 g/mol. The van der Waals surface area contributed by atoms with Crippen molar-refractivity contribution < 1.29 is 14.2 Å². The molecular formula is C19H25NO3. The van der Waals surface area contributed by atoms with Gasteiger partial charge in [0, 0.05) is 24.4 Å². The lowest BCUT2D eigenvalue weighted by Gasteiger charge is -2.13. The van der Waals surface area contributed by atoms with Crippen molar-refractivity contribution in [3.05, 3.63) is 54.1 Å². The number of anilines is 1. The molecule has 0 radical (unpaired) electrons. The van der Waals surface area contributed by atoms with Gasteiger partial charge < -0.3 is 19.5 Å². The largest absolute Gasteiger partial charge is 0.494 e. The molecule has 2 aromatic carbocycles. The van der Waals surface area contributed by atoms with E-state index >= 15 is 0 Å². The molecule has 0 aliphatic heterocycles. The van der Waals surface area contributed by atoms with Crippen LogP contribution in [0.3, 0.4) is 0 Å². The first-order valence-corrected chi connectivity index (χ1v) is 8.08. The maximum absolute atomic E-state index is 5.79. The van der Waals surface area contributed by atoms with Gasteiger partial charge in [0.05, 0.1) is 13.2 Å². The minimum absolute atomic E-state index is 0.563. The minimum atomic E-state index is 0.563. The first-order valence-electron chi connectivity index (χ1n) is 8.08. The summed E-state index contributed by atoms with van der Waals surface area (Å²) in [4.78, 5) is 0. The van der Waals surface area contributed by atoms with Gasteiger partial charge >= 0.3 is 0 Å². The van der Waals surface area contributed by atoms with Crippen molar-refractivity contribution in [2.24, 2.45) is 0 Å². The third-order valence-corrected chi connectivity index (χ3v) is 3.31. The normalized spacial score (nSPS) is 10.3. The molecule has 124 valence electrons. The van der Waals surface area contributed by atoms with Crippen LogP contribution in [-0.2, 0) is 11.3 Å². The molecule has 0 heterocycles. The molecule has 0 amide bonds. The zero-order chi connectivity index (χ0) is 16.3. The van der Waals surface area contributed by atoms with Gasteiger partial charge in [-0.05, 0) is 44.2 Å². The molecule has 0 saturated heterocycles. The Labute approximate surface area is 138 Å². The Morgan fingerprint density at radius 1 is 0.826 bits per heavy atom. The zero-order valence-electron chi connectivity index (χ0n) is 13.9. The molecule has 0 aromatic heterocycles. The van der Waals surface area contributed by atoms with Crippen LogP contribution in [0.4, 0.5) is 5.69 Å². The van der Waals surface area contributed by atoms with Crippen molar-refractivity contribution >= 4 is 5.69 Å². The van der Waals surface area contributed by atoms with Crippen LogP contribution >= 0.6 is 0 Å². The van der Waals surface area contributed by atoms with Gasteiger partial charge in [0.15, 0.2) is 0 Å². The summed E-state index contributed by atoms with van der Waals surface area (Å²) < 4.78 is 16.5. The zero-order valence-corrected chi connectivity index (χ0v) is 13.9. The third-order valence-electron chi connectivity index (χ3n) is 3.31. The highest BCUT2D eigenvalue weighted by Crippen LogP contribution is 2.21. The highest BCUT2D eigenvalue weighted by molar-refractivity contribution is 5.47. The molecule has 4 nitrogen and oxygen atoms in total. The third kappa shape index (κ3) is 5.83. The number of rotatable bonds is 10. The topological polar surface area (TPSA) is 39.7 Å². The Morgan fingerprint density at radius 3 is 2.35 bits per heavy atom.